The second-order valence-electron chi connectivity index (χ2n) is 10.1. The molecule has 0 heterocycles. The number of benzene rings is 2. The first kappa shape index (κ1) is 32.0. The lowest BCUT2D eigenvalue weighted by Crippen LogP contribution is -2.58. The molecule has 0 saturated heterocycles. The van der Waals surface area contributed by atoms with Crippen LogP contribution < -0.4 is 21.7 Å². The Kier molecular flexibility index (Phi) is 12.3. The van der Waals surface area contributed by atoms with E-state index in [4.69, 9.17) is 10.5 Å². The summed E-state index contributed by atoms with van der Waals surface area (Å²) >= 11 is 0. The standard InChI is InChI=1S/C30H40N4O6/c1-6-19(4)26(34-27(36)22-14-12-21(13-15-22)20-10-8-7-9-11-20)29(38)33-25(18(2)3)28(37)32-23(30(39)40-5)16-17-24(31)35/h7-15,18-19,23,25-26H,6,16-17H2,1-5H3,(H2,31,35)(H,32,37)(H,33,38)(H,34,36)/t19-,23-,25+,26-/m0/s1. The molecule has 2 rings (SSSR count). The van der Waals surface area contributed by atoms with Gasteiger partial charge in [-0.05, 0) is 41.5 Å². The Morgan fingerprint density at radius 1 is 0.800 bits per heavy atom. The zero-order valence-corrected chi connectivity index (χ0v) is 23.7. The number of methoxy groups -OCH3 is 1. The molecule has 216 valence electrons. The van der Waals surface area contributed by atoms with E-state index in [1.807, 2.05) is 56.3 Å². The van der Waals surface area contributed by atoms with Crippen LogP contribution in [0.15, 0.2) is 54.6 Å². The van der Waals surface area contributed by atoms with E-state index < -0.39 is 47.7 Å². The summed E-state index contributed by atoms with van der Waals surface area (Å²) < 4.78 is 4.73. The molecule has 4 atom stereocenters. The van der Waals surface area contributed by atoms with Gasteiger partial charge >= 0.3 is 5.97 Å². The highest BCUT2D eigenvalue weighted by molar-refractivity contribution is 5.99. The lowest BCUT2D eigenvalue weighted by Gasteiger charge is -2.29. The van der Waals surface area contributed by atoms with Crippen molar-refractivity contribution in [1.82, 2.24) is 16.0 Å². The number of ether oxygens (including phenoxy) is 1. The van der Waals surface area contributed by atoms with Gasteiger partial charge in [0.15, 0.2) is 0 Å². The number of hydrogen-bond donors (Lipinski definition) is 4. The van der Waals surface area contributed by atoms with Crippen LogP contribution in [0.4, 0.5) is 0 Å². The SMILES string of the molecule is CC[C@H](C)[C@H](NC(=O)c1ccc(-c2ccccc2)cc1)C(=O)N[C@@H](C(=O)N[C@@H](CCC(N)=O)C(=O)OC)C(C)C. The molecule has 0 bridgehead atoms. The van der Waals surface area contributed by atoms with Crippen molar-refractivity contribution in [3.05, 3.63) is 60.2 Å². The molecule has 10 nitrogen and oxygen atoms in total. The summed E-state index contributed by atoms with van der Waals surface area (Å²) in [6.45, 7) is 7.22. The third-order valence-corrected chi connectivity index (χ3v) is 6.76. The van der Waals surface area contributed by atoms with Crippen molar-refractivity contribution in [3.63, 3.8) is 0 Å². The van der Waals surface area contributed by atoms with Gasteiger partial charge in [0.05, 0.1) is 7.11 Å². The Hall–Kier alpha value is -4.21. The summed E-state index contributed by atoms with van der Waals surface area (Å²) in [5.41, 5.74) is 7.56. The average Bonchev–Trinajstić information content (AvgIpc) is 2.95. The Balaban J connectivity index is 2.16. The molecule has 0 unspecified atom stereocenters. The molecule has 0 aliphatic rings. The molecule has 0 spiro atoms. The molecule has 0 fully saturated rings. The van der Waals surface area contributed by atoms with E-state index in [0.29, 0.717) is 12.0 Å². The summed E-state index contributed by atoms with van der Waals surface area (Å²) in [6, 6.07) is 13.8. The van der Waals surface area contributed by atoms with Gasteiger partial charge in [-0.1, -0.05) is 76.6 Å². The van der Waals surface area contributed by atoms with Gasteiger partial charge in [0, 0.05) is 12.0 Å². The number of rotatable bonds is 14. The normalized spacial score (nSPS) is 13.8. The van der Waals surface area contributed by atoms with Gasteiger partial charge in [-0.2, -0.15) is 0 Å². The number of esters is 1. The number of carbonyl (C=O) groups excluding carboxylic acids is 5. The Labute approximate surface area is 235 Å². The first-order chi connectivity index (χ1) is 19.0. The van der Waals surface area contributed by atoms with Crippen molar-refractivity contribution >= 4 is 29.6 Å². The molecular formula is C30H40N4O6. The van der Waals surface area contributed by atoms with Gasteiger partial charge in [0.2, 0.25) is 17.7 Å². The van der Waals surface area contributed by atoms with Crippen molar-refractivity contribution in [2.45, 2.75) is 65.1 Å². The number of hydrogen-bond acceptors (Lipinski definition) is 6. The maximum Gasteiger partial charge on any atom is 0.328 e. The minimum absolute atomic E-state index is 0.0406. The van der Waals surface area contributed by atoms with Gasteiger partial charge in [-0.3, -0.25) is 19.2 Å². The van der Waals surface area contributed by atoms with E-state index in [9.17, 15) is 24.0 Å². The minimum Gasteiger partial charge on any atom is -0.467 e. The quantitative estimate of drug-likeness (QED) is 0.264. The summed E-state index contributed by atoms with van der Waals surface area (Å²) in [6.07, 6.45) is 0.426. The van der Waals surface area contributed by atoms with Gasteiger partial charge in [0.25, 0.3) is 5.91 Å². The van der Waals surface area contributed by atoms with Gasteiger partial charge in [-0.15, -0.1) is 0 Å². The molecule has 0 aliphatic carbocycles. The third kappa shape index (κ3) is 9.21. The summed E-state index contributed by atoms with van der Waals surface area (Å²) in [4.78, 5) is 63.0. The van der Waals surface area contributed by atoms with Crippen LogP contribution in [0.5, 0.6) is 0 Å². The Morgan fingerprint density at radius 3 is 1.90 bits per heavy atom. The number of carbonyl (C=O) groups is 5. The topological polar surface area (TPSA) is 157 Å². The van der Waals surface area contributed by atoms with E-state index in [2.05, 4.69) is 16.0 Å². The van der Waals surface area contributed by atoms with Crippen LogP contribution in [0.25, 0.3) is 11.1 Å². The van der Waals surface area contributed by atoms with Crippen LogP contribution in [-0.4, -0.2) is 54.8 Å². The average molecular weight is 553 g/mol. The van der Waals surface area contributed by atoms with Gasteiger partial charge < -0.3 is 26.4 Å². The summed E-state index contributed by atoms with van der Waals surface area (Å²) in [5, 5.41) is 8.11. The lowest BCUT2D eigenvalue weighted by molar-refractivity contribution is -0.146. The van der Waals surface area contributed by atoms with E-state index >= 15 is 0 Å². The minimum atomic E-state index is -1.10. The highest BCUT2D eigenvalue weighted by Crippen LogP contribution is 2.20. The first-order valence-corrected chi connectivity index (χ1v) is 13.4. The maximum absolute atomic E-state index is 13.4. The monoisotopic (exact) mass is 552 g/mol. The largest absolute Gasteiger partial charge is 0.467 e. The van der Waals surface area contributed by atoms with Crippen LogP contribution in [-0.2, 0) is 23.9 Å². The molecule has 5 N–H and O–H groups in total. The van der Waals surface area contributed by atoms with Crippen molar-refractivity contribution in [2.24, 2.45) is 17.6 Å². The second kappa shape index (κ2) is 15.4. The van der Waals surface area contributed by atoms with E-state index in [1.165, 1.54) is 7.11 Å². The zero-order valence-electron chi connectivity index (χ0n) is 23.7. The van der Waals surface area contributed by atoms with Crippen LogP contribution in [0.3, 0.4) is 0 Å². The molecule has 0 radical (unpaired) electrons. The second-order valence-corrected chi connectivity index (χ2v) is 10.1. The number of amides is 4. The van der Waals surface area contributed by atoms with Crippen molar-refractivity contribution in [1.29, 1.82) is 0 Å². The molecule has 4 amide bonds. The predicted octanol–water partition coefficient (Wildman–Crippen LogP) is 2.56. The fraction of sp³-hybridized carbons (Fsp3) is 0.433. The van der Waals surface area contributed by atoms with Crippen molar-refractivity contribution < 1.29 is 28.7 Å². The van der Waals surface area contributed by atoms with Crippen LogP contribution in [0.2, 0.25) is 0 Å². The molecule has 2 aromatic carbocycles. The maximum atomic E-state index is 13.4. The smallest absolute Gasteiger partial charge is 0.328 e. The van der Waals surface area contributed by atoms with Crippen LogP contribution in [0.1, 0.15) is 57.3 Å². The fourth-order valence-corrected chi connectivity index (χ4v) is 4.09. The van der Waals surface area contributed by atoms with E-state index in [1.54, 1.807) is 26.0 Å². The van der Waals surface area contributed by atoms with Crippen LogP contribution >= 0.6 is 0 Å². The van der Waals surface area contributed by atoms with Gasteiger partial charge in [0.1, 0.15) is 18.1 Å². The predicted molar refractivity (Wildman–Crippen MR) is 152 cm³/mol. The van der Waals surface area contributed by atoms with E-state index in [-0.39, 0.29) is 24.7 Å². The number of nitrogens with one attached hydrogen (secondary N) is 3. The fourth-order valence-electron chi connectivity index (χ4n) is 4.09. The summed E-state index contributed by atoms with van der Waals surface area (Å²) in [7, 11) is 1.17. The molecule has 10 heteroatoms. The van der Waals surface area contributed by atoms with Crippen LogP contribution in [0, 0.1) is 11.8 Å². The number of primary amides is 1. The summed E-state index contributed by atoms with van der Waals surface area (Å²) in [5.74, 6) is -3.50. The van der Waals surface area contributed by atoms with E-state index in [0.717, 1.165) is 11.1 Å². The lowest BCUT2D eigenvalue weighted by atomic mass is 9.95. The van der Waals surface area contributed by atoms with Crippen molar-refractivity contribution in [2.75, 3.05) is 7.11 Å². The molecular weight excluding hydrogens is 512 g/mol. The number of nitrogens with two attached hydrogens (primary N) is 1. The highest BCUT2D eigenvalue weighted by atomic mass is 16.5. The third-order valence-electron chi connectivity index (χ3n) is 6.76. The first-order valence-electron chi connectivity index (χ1n) is 13.4. The van der Waals surface area contributed by atoms with Crippen molar-refractivity contribution in [3.8, 4) is 11.1 Å². The zero-order chi connectivity index (χ0) is 29.8. The molecule has 0 saturated carbocycles. The molecule has 2 aromatic rings. The Bertz CT molecular complexity index is 1170. The Morgan fingerprint density at radius 2 is 1.38 bits per heavy atom. The molecule has 40 heavy (non-hydrogen) atoms. The highest BCUT2D eigenvalue weighted by Gasteiger charge is 2.33. The molecule has 0 aliphatic heterocycles. The van der Waals surface area contributed by atoms with Gasteiger partial charge in [-0.25, -0.2) is 4.79 Å². The molecule has 0 aromatic heterocycles.